The molecule has 0 unspecified atom stereocenters. The fourth-order valence-electron chi connectivity index (χ4n) is 2.48. The number of rotatable bonds is 3. The quantitative estimate of drug-likeness (QED) is 0.745. The molecule has 1 aromatic rings. The number of hydrogen-bond donors (Lipinski definition) is 3. The summed E-state index contributed by atoms with van der Waals surface area (Å²) >= 11 is 0. The number of primary amides is 1. The second-order valence-corrected chi connectivity index (χ2v) is 5.63. The molecular weight excluding hydrogens is 302 g/mol. The van der Waals surface area contributed by atoms with Crippen LogP contribution in [0.25, 0.3) is 6.08 Å². The van der Waals surface area contributed by atoms with Crippen molar-refractivity contribution in [1.82, 2.24) is 0 Å². The van der Waals surface area contributed by atoms with Crippen LogP contribution in [0.5, 0.6) is 5.75 Å². The third kappa shape index (κ3) is 3.46. The SMILES string of the molecule is CC1=CC=CC(=C\c2c(C)ccc(O)c2C)/C1=N/C(=C/N)C(N)=O. The molecule has 0 saturated heterocycles. The number of carbonyl (C=O) groups excluding carboxylic acids is 1. The summed E-state index contributed by atoms with van der Waals surface area (Å²) in [6.45, 7) is 5.72. The van der Waals surface area contributed by atoms with Gasteiger partial charge in [0.15, 0.2) is 0 Å². The van der Waals surface area contributed by atoms with E-state index in [1.54, 1.807) is 6.07 Å². The molecule has 24 heavy (non-hydrogen) atoms. The third-order valence-electron chi connectivity index (χ3n) is 3.92. The largest absolute Gasteiger partial charge is 0.508 e. The first-order valence-electron chi connectivity index (χ1n) is 7.52. The van der Waals surface area contributed by atoms with E-state index in [-0.39, 0.29) is 11.4 Å². The molecule has 0 aliphatic heterocycles. The molecule has 1 aliphatic rings. The zero-order chi connectivity index (χ0) is 17.9. The average molecular weight is 323 g/mol. The normalized spacial score (nSPS) is 18.1. The van der Waals surface area contributed by atoms with Crippen LogP contribution in [0.2, 0.25) is 0 Å². The predicted molar refractivity (Wildman–Crippen MR) is 97.4 cm³/mol. The van der Waals surface area contributed by atoms with Crippen LogP contribution in [0.3, 0.4) is 0 Å². The number of hydrogen-bond acceptors (Lipinski definition) is 4. The maximum absolute atomic E-state index is 11.4. The Morgan fingerprint density at radius 3 is 2.58 bits per heavy atom. The van der Waals surface area contributed by atoms with E-state index in [0.29, 0.717) is 5.71 Å². The van der Waals surface area contributed by atoms with E-state index in [1.165, 1.54) is 0 Å². The van der Waals surface area contributed by atoms with Crippen molar-refractivity contribution < 1.29 is 9.90 Å². The van der Waals surface area contributed by atoms with Crippen molar-refractivity contribution >= 4 is 17.7 Å². The Labute approximate surface area is 141 Å². The molecule has 1 aliphatic carbocycles. The fraction of sp³-hybridized carbons (Fsp3) is 0.158. The van der Waals surface area contributed by atoms with Gasteiger partial charge in [0.1, 0.15) is 11.4 Å². The number of nitrogens with two attached hydrogens (primary N) is 2. The minimum Gasteiger partial charge on any atom is -0.508 e. The topological polar surface area (TPSA) is 102 Å². The van der Waals surface area contributed by atoms with Crippen molar-refractivity contribution in [3.05, 3.63) is 70.1 Å². The molecule has 124 valence electrons. The second-order valence-electron chi connectivity index (χ2n) is 5.63. The number of aliphatic imine (C=N–C) groups is 1. The van der Waals surface area contributed by atoms with Gasteiger partial charge in [-0.15, -0.1) is 0 Å². The third-order valence-corrected chi connectivity index (χ3v) is 3.92. The summed E-state index contributed by atoms with van der Waals surface area (Å²) in [6.07, 6.45) is 8.73. The van der Waals surface area contributed by atoms with Crippen LogP contribution >= 0.6 is 0 Å². The lowest BCUT2D eigenvalue weighted by Crippen LogP contribution is -2.17. The van der Waals surface area contributed by atoms with E-state index < -0.39 is 5.91 Å². The maximum Gasteiger partial charge on any atom is 0.268 e. The molecular formula is C19H21N3O2. The molecule has 1 aromatic carbocycles. The lowest BCUT2D eigenvalue weighted by Gasteiger charge is -2.15. The molecule has 0 fully saturated rings. The monoisotopic (exact) mass is 323 g/mol. The maximum atomic E-state index is 11.4. The second kappa shape index (κ2) is 7.00. The van der Waals surface area contributed by atoms with Gasteiger partial charge < -0.3 is 16.6 Å². The number of phenols is 1. The fourth-order valence-corrected chi connectivity index (χ4v) is 2.48. The molecule has 0 saturated carbocycles. The average Bonchev–Trinajstić information content (AvgIpc) is 2.54. The standard InChI is InChI=1S/C19H21N3O2/c1-11-7-8-17(23)13(3)15(11)9-14-6-4-5-12(2)18(14)22-16(10-20)19(21)24/h4-10,23H,20H2,1-3H3,(H2,21,24)/b14-9+,16-10+,22-18+. The molecule has 5 nitrogen and oxygen atoms in total. The summed E-state index contributed by atoms with van der Waals surface area (Å²) < 4.78 is 0. The first kappa shape index (κ1) is 17.3. The van der Waals surface area contributed by atoms with Gasteiger partial charge in [-0.2, -0.15) is 0 Å². The molecule has 1 amide bonds. The lowest BCUT2D eigenvalue weighted by molar-refractivity contribution is -0.114. The molecule has 0 bridgehead atoms. The van der Waals surface area contributed by atoms with Crippen molar-refractivity contribution in [1.29, 1.82) is 0 Å². The Morgan fingerprint density at radius 1 is 1.25 bits per heavy atom. The summed E-state index contributed by atoms with van der Waals surface area (Å²) in [5, 5.41) is 9.95. The minimum atomic E-state index is -0.684. The van der Waals surface area contributed by atoms with Crippen molar-refractivity contribution in [2.24, 2.45) is 16.5 Å². The molecule has 0 spiro atoms. The van der Waals surface area contributed by atoms with E-state index in [0.717, 1.165) is 34.0 Å². The molecule has 0 radical (unpaired) electrons. The molecule has 0 aromatic heterocycles. The predicted octanol–water partition coefficient (Wildman–Crippen LogP) is 2.63. The number of aromatic hydroxyl groups is 1. The number of allylic oxidation sites excluding steroid dienone is 5. The van der Waals surface area contributed by atoms with Crippen LogP contribution in [0.4, 0.5) is 0 Å². The highest BCUT2D eigenvalue weighted by molar-refractivity contribution is 6.19. The van der Waals surface area contributed by atoms with Crippen molar-refractivity contribution in [2.75, 3.05) is 0 Å². The van der Waals surface area contributed by atoms with E-state index in [1.807, 2.05) is 51.1 Å². The summed E-state index contributed by atoms with van der Waals surface area (Å²) in [6, 6.07) is 3.53. The van der Waals surface area contributed by atoms with E-state index >= 15 is 0 Å². The summed E-state index contributed by atoms with van der Waals surface area (Å²) in [5.74, 6) is -0.450. The van der Waals surface area contributed by atoms with Gasteiger partial charge in [0.2, 0.25) is 0 Å². The van der Waals surface area contributed by atoms with Gasteiger partial charge in [0.05, 0.1) is 5.71 Å². The van der Waals surface area contributed by atoms with Gasteiger partial charge in [0, 0.05) is 11.8 Å². The first-order valence-corrected chi connectivity index (χ1v) is 7.52. The first-order chi connectivity index (χ1) is 11.3. The van der Waals surface area contributed by atoms with Crippen molar-refractivity contribution in [3.8, 4) is 5.75 Å². The number of amides is 1. The van der Waals surface area contributed by atoms with Gasteiger partial charge in [-0.3, -0.25) is 4.79 Å². The Kier molecular flexibility index (Phi) is 5.04. The molecule has 2 rings (SSSR count). The summed E-state index contributed by atoms with van der Waals surface area (Å²) in [5.41, 5.74) is 15.8. The number of nitrogens with zero attached hydrogens (tertiary/aromatic N) is 1. The summed E-state index contributed by atoms with van der Waals surface area (Å²) in [7, 11) is 0. The van der Waals surface area contributed by atoms with Crippen LogP contribution in [0.15, 0.2) is 58.4 Å². The smallest absolute Gasteiger partial charge is 0.268 e. The van der Waals surface area contributed by atoms with E-state index in [4.69, 9.17) is 11.5 Å². The van der Waals surface area contributed by atoms with E-state index in [2.05, 4.69) is 4.99 Å². The van der Waals surface area contributed by atoms with E-state index in [9.17, 15) is 9.90 Å². The highest BCUT2D eigenvalue weighted by atomic mass is 16.3. The van der Waals surface area contributed by atoms with Crippen LogP contribution in [-0.4, -0.2) is 16.7 Å². The van der Waals surface area contributed by atoms with Gasteiger partial charge in [-0.1, -0.05) is 24.3 Å². The minimum absolute atomic E-state index is 0.00306. The highest BCUT2D eigenvalue weighted by Crippen LogP contribution is 2.27. The molecule has 0 heterocycles. The van der Waals surface area contributed by atoms with Gasteiger partial charge in [0.25, 0.3) is 5.91 Å². The Hall–Kier alpha value is -3.08. The van der Waals surface area contributed by atoms with Crippen molar-refractivity contribution in [2.45, 2.75) is 20.8 Å². The Bertz CT molecular complexity index is 840. The number of phenolic OH excluding ortho intramolecular Hbond substituents is 1. The van der Waals surface area contributed by atoms with Crippen molar-refractivity contribution in [3.63, 3.8) is 0 Å². The number of aryl methyl sites for hydroxylation is 1. The van der Waals surface area contributed by atoms with Gasteiger partial charge in [-0.05, 0) is 55.2 Å². The van der Waals surface area contributed by atoms with Gasteiger partial charge >= 0.3 is 0 Å². The molecule has 5 heteroatoms. The zero-order valence-electron chi connectivity index (χ0n) is 14.0. The summed E-state index contributed by atoms with van der Waals surface area (Å²) in [4.78, 5) is 15.7. The Balaban J connectivity index is 2.62. The van der Waals surface area contributed by atoms with Gasteiger partial charge in [-0.25, -0.2) is 4.99 Å². The Morgan fingerprint density at radius 2 is 1.96 bits per heavy atom. The van der Waals surface area contributed by atoms with Crippen LogP contribution < -0.4 is 11.5 Å². The zero-order valence-corrected chi connectivity index (χ0v) is 14.0. The van der Waals surface area contributed by atoms with Crippen LogP contribution in [-0.2, 0) is 4.79 Å². The molecule has 0 atom stereocenters. The van der Waals surface area contributed by atoms with Crippen LogP contribution in [0.1, 0.15) is 23.6 Å². The number of carbonyl (C=O) groups is 1. The lowest BCUT2D eigenvalue weighted by atomic mass is 9.93. The molecule has 5 N–H and O–H groups in total. The van der Waals surface area contributed by atoms with Crippen LogP contribution in [0, 0.1) is 13.8 Å². The number of benzene rings is 1. The highest BCUT2D eigenvalue weighted by Gasteiger charge is 2.15.